The Morgan fingerprint density at radius 1 is 1.38 bits per heavy atom. The van der Waals surface area contributed by atoms with E-state index in [9.17, 15) is 0 Å². The van der Waals surface area contributed by atoms with Crippen LogP contribution in [0.25, 0.3) is 0 Å². The number of rotatable bonds is 6. The Hall–Kier alpha value is -1.27. The summed E-state index contributed by atoms with van der Waals surface area (Å²) in [6.07, 6.45) is 8.31. The molecule has 5 nitrogen and oxygen atoms in total. The van der Waals surface area contributed by atoms with Gasteiger partial charge in [0.1, 0.15) is 0 Å². The van der Waals surface area contributed by atoms with Crippen molar-refractivity contribution in [3.63, 3.8) is 0 Å². The smallest absolute Gasteiger partial charge is 0.0824 e. The predicted octanol–water partition coefficient (Wildman–Crippen LogP) is 0.876. The Kier molecular flexibility index (Phi) is 5.11. The summed E-state index contributed by atoms with van der Waals surface area (Å²) in [6, 6.07) is 1.97. The van der Waals surface area contributed by atoms with Gasteiger partial charge in [-0.3, -0.25) is 0 Å². The summed E-state index contributed by atoms with van der Waals surface area (Å²) in [5.41, 5.74) is 7.62. The third-order valence-electron chi connectivity index (χ3n) is 3.79. The lowest BCUT2D eigenvalue weighted by Crippen LogP contribution is -2.39. The zero-order chi connectivity index (χ0) is 15.5. The van der Waals surface area contributed by atoms with E-state index in [1.54, 1.807) is 0 Å². The maximum absolute atomic E-state index is 9.11. The van der Waals surface area contributed by atoms with E-state index in [-0.39, 0.29) is 13.2 Å². The number of aliphatic hydroxyl groups is 2. The first kappa shape index (κ1) is 16.1. The molecule has 1 aromatic rings. The molecule has 0 fully saturated rings. The molecule has 116 valence electrons. The van der Waals surface area contributed by atoms with Gasteiger partial charge < -0.3 is 25.4 Å². The van der Waals surface area contributed by atoms with Crippen molar-refractivity contribution in [1.82, 2.24) is 9.47 Å². The number of halogens is 1. The second-order valence-corrected chi connectivity index (χ2v) is 5.70. The molecule has 0 bridgehead atoms. The monoisotopic (exact) mass is 311 g/mol. The van der Waals surface area contributed by atoms with Crippen LogP contribution in [0.1, 0.15) is 12.0 Å². The second kappa shape index (κ2) is 6.66. The van der Waals surface area contributed by atoms with Crippen LogP contribution in [0.4, 0.5) is 0 Å². The highest BCUT2D eigenvalue weighted by atomic mass is 35.5. The summed E-state index contributed by atoms with van der Waals surface area (Å²) in [4.78, 5) is 1.90. The maximum atomic E-state index is 9.11. The van der Waals surface area contributed by atoms with Crippen molar-refractivity contribution in [2.45, 2.75) is 12.0 Å². The van der Waals surface area contributed by atoms with Gasteiger partial charge in [-0.25, -0.2) is 0 Å². The molecule has 2 rings (SSSR count). The lowest BCUT2D eigenvalue weighted by atomic mass is 9.85. The highest BCUT2D eigenvalue weighted by Gasteiger charge is 2.34. The van der Waals surface area contributed by atoms with E-state index in [4.69, 9.17) is 27.5 Å². The second-order valence-electron chi connectivity index (χ2n) is 5.30. The van der Waals surface area contributed by atoms with Crippen LogP contribution < -0.4 is 5.73 Å². The minimum Gasteiger partial charge on any atom is -0.395 e. The SMILES string of the molecule is Cn1ccc(C2(N)CC=C(N(CCO)CCO)C=C2Cl)c1. The zero-order valence-electron chi connectivity index (χ0n) is 12.2. The van der Waals surface area contributed by atoms with Crippen LogP contribution >= 0.6 is 11.6 Å². The first-order valence-corrected chi connectivity index (χ1v) is 7.35. The number of aliphatic hydroxyl groups excluding tert-OH is 2. The first-order valence-electron chi connectivity index (χ1n) is 6.97. The molecular weight excluding hydrogens is 290 g/mol. The van der Waals surface area contributed by atoms with Gasteiger partial charge in [-0.15, -0.1) is 0 Å². The highest BCUT2D eigenvalue weighted by molar-refractivity contribution is 6.31. The lowest BCUT2D eigenvalue weighted by Gasteiger charge is -2.34. The molecule has 1 unspecified atom stereocenters. The molecule has 6 heteroatoms. The van der Waals surface area contributed by atoms with Gasteiger partial charge in [-0.1, -0.05) is 17.7 Å². The summed E-state index contributed by atoms with van der Waals surface area (Å²) in [7, 11) is 1.94. The molecule has 0 saturated carbocycles. The number of aryl methyl sites for hydroxylation is 1. The molecule has 1 aliphatic rings. The summed E-state index contributed by atoms with van der Waals surface area (Å²) in [5, 5.41) is 18.8. The fraction of sp³-hybridized carbons (Fsp3) is 0.467. The Bertz CT molecular complexity index is 547. The van der Waals surface area contributed by atoms with E-state index >= 15 is 0 Å². The largest absolute Gasteiger partial charge is 0.395 e. The minimum absolute atomic E-state index is 0.0231. The summed E-state index contributed by atoms with van der Waals surface area (Å²) < 4.78 is 1.94. The van der Waals surface area contributed by atoms with Gasteiger partial charge in [0.05, 0.1) is 18.8 Å². The van der Waals surface area contributed by atoms with E-state index in [0.717, 1.165) is 11.3 Å². The number of nitrogens with two attached hydrogens (primary N) is 1. The first-order chi connectivity index (χ1) is 10.0. The van der Waals surface area contributed by atoms with Crippen molar-refractivity contribution in [3.05, 3.63) is 46.9 Å². The Morgan fingerprint density at radius 3 is 2.52 bits per heavy atom. The quantitative estimate of drug-likeness (QED) is 0.729. The van der Waals surface area contributed by atoms with Crippen LogP contribution in [0.5, 0.6) is 0 Å². The zero-order valence-corrected chi connectivity index (χ0v) is 12.9. The van der Waals surface area contributed by atoms with Gasteiger partial charge in [0.15, 0.2) is 0 Å². The molecular formula is C15H22ClN3O2. The van der Waals surface area contributed by atoms with Crippen LogP contribution in [0, 0.1) is 0 Å². The fourth-order valence-electron chi connectivity index (χ4n) is 2.54. The number of nitrogens with zero attached hydrogens (tertiary/aromatic N) is 2. The summed E-state index contributed by atoms with van der Waals surface area (Å²) in [5.74, 6) is 0. The molecule has 1 atom stereocenters. The van der Waals surface area contributed by atoms with Gasteiger partial charge >= 0.3 is 0 Å². The van der Waals surface area contributed by atoms with Gasteiger partial charge in [0.2, 0.25) is 0 Å². The van der Waals surface area contributed by atoms with Crippen molar-refractivity contribution in [2.75, 3.05) is 26.3 Å². The maximum Gasteiger partial charge on any atom is 0.0824 e. The number of hydrogen-bond acceptors (Lipinski definition) is 4. The van der Waals surface area contributed by atoms with Crippen molar-refractivity contribution >= 4 is 11.6 Å². The average molecular weight is 312 g/mol. The number of aromatic nitrogens is 1. The third-order valence-corrected chi connectivity index (χ3v) is 4.23. The molecule has 1 aromatic heterocycles. The molecule has 0 radical (unpaired) electrons. The molecule has 0 aliphatic heterocycles. The van der Waals surface area contributed by atoms with E-state index < -0.39 is 5.54 Å². The van der Waals surface area contributed by atoms with E-state index in [2.05, 4.69) is 0 Å². The van der Waals surface area contributed by atoms with Crippen molar-refractivity contribution in [2.24, 2.45) is 12.8 Å². The minimum atomic E-state index is -0.712. The van der Waals surface area contributed by atoms with Crippen molar-refractivity contribution < 1.29 is 10.2 Å². The Morgan fingerprint density at radius 2 is 2.05 bits per heavy atom. The molecule has 0 spiro atoms. The normalized spacial score (nSPS) is 22.0. The van der Waals surface area contributed by atoms with Crippen LogP contribution in [-0.2, 0) is 12.6 Å². The van der Waals surface area contributed by atoms with E-state index in [1.807, 2.05) is 47.1 Å². The molecule has 1 heterocycles. The standard InChI is InChI=1S/C15H22ClN3O2/c1-18-5-3-12(11-18)15(17)4-2-13(10-14(15)16)19(6-8-20)7-9-21/h2-3,5,10-11,20-21H,4,6-9,17H2,1H3. The van der Waals surface area contributed by atoms with Crippen LogP contribution in [0.3, 0.4) is 0 Å². The van der Waals surface area contributed by atoms with Crippen molar-refractivity contribution in [1.29, 1.82) is 0 Å². The number of hydrogen-bond donors (Lipinski definition) is 3. The van der Waals surface area contributed by atoms with Gasteiger partial charge in [-0.05, 0) is 24.1 Å². The lowest BCUT2D eigenvalue weighted by molar-refractivity contribution is 0.191. The molecule has 0 amide bonds. The van der Waals surface area contributed by atoms with Crippen molar-refractivity contribution in [3.8, 4) is 0 Å². The fourth-order valence-corrected chi connectivity index (χ4v) is 2.83. The van der Waals surface area contributed by atoms with E-state index in [1.165, 1.54) is 0 Å². The van der Waals surface area contributed by atoms with E-state index in [0.29, 0.717) is 24.5 Å². The summed E-state index contributed by atoms with van der Waals surface area (Å²) in [6.45, 7) is 0.955. The summed E-state index contributed by atoms with van der Waals surface area (Å²) >= 11 is 6.44. The molecule has 21 heavy (non-hydrogen) atoms. The van der Waals surface area contributed by atoms with Crippen LogP contribution in [-0.4, -0.2) is 46.0 Å². The van der Waals surface area contributed by atoms with Crippen LogP contribution in [0.2, 0.25) is 0 Å². The van der Waals surface area contributed by atoms with Gasteiger partial charge in [-0.2, -0.15) is 0 Å². The highest BCUT2D eigenvalue weighted by Crippen LogP contribution is 2.38. The Labute approximate surface area is 129 Å². The van der Waals surface area contributed by atoms with Crippen LogP contribution in [0.15, 0.2) is 41.3 Å². The molecule has 0 aromatic carbocycles. The average Bonchev–Trinajstić information content (AvgIpc) is 2.89. The van der Waals surface area contributed by atoms with Gasteiger partial charge in [0, 0.05) is 43.3 Å². The third kappa shape index (κ3) is 3.32. The number of allylic oxidation sites excluding steroid dienone is 1. The topological polar surface area (TPSA) is 74.7 Å². The molecule has 4 N–H and O–H groups in total. The molecule has 1 aliphatic carbocycles. The molecule has 0 saturated heterocycles. The predicted molar refractivity (Wildman–Crippen MR) is 83.7 cm³/mol. The Balaban J connectivity index is 2.23. The van der Waals surface area contributed by atoms with Gasteiger partial charge in [0.25, 0.3) is 0 Å².